The molecule has 0 saturated carbocycles. The molecule has 0 amide bonds. The molecule has 0 spiro atoms. The monoisotopic (exact) mass is 751 g/mol. The third-order valence-electron chi connectivity index (χ3n) is 10.5. The van der Waals surface area contributed by atoms with E-state index in [1.807, 2.05) is 0 Å². The summed E-state index contributed by atoms with van der Waals surface area (Å²) >= 11 is 0. The van der Waals surface area contributed by atoms with Crippen molar-refractivity contribution in [2.75, 3.05) is 13.2 Å². The Morgan fingerprint density at radius 1 is 0.358 bits per heavy atom. The van der Waals surface area contributed by atoms with Gasteiger partial charge in [0.25, 0.3) is 0 Å². The van der Waals surface area contributed by atoms with E-state index < -0.39 is 6.10 Å². The Kier molecular flexibility index (Phi) is 40.3. The molecular formula is C47H90O6. The molecule has 0 aliphatic heterocycles. The fourth-order valence-electron chi connectivity index (χ4n) is 6.98. The predicted molar refractivity (Wildman–Crippen MR) is 224 cm³/mol. The van der Waals surface area contributed by atoms with Crippen LogP contribution >= 0.6 is 0 Å². The Bertz CT molecular complexity index is 796. The zero-order chi connectivity index (χ0) is 38.9. The van der Waals surface area contributed by atoms with E-state index in [-0.39, 0.29) is 31.1 Å². The minimum absolute atomic E-state index is 0.0641. The molecule has 0 heterocycles. The first-order chi connectivity index (χ1) is 25.9. The van der Waals surface area contributed by atoms with E-state index in [4.69, 9.17) is 14.2 Å². The molecule has 0 unspecified atom stereocenters. The molecule has 53 heavy (non-hydrogen) atoms. The fraction of sp³-hybridized carbons (Fsp3) is 0.936. The molecule has 0 fully saturated rings. The lowest BCUT2D eigenvalue weighted by Crippen LogP contribution is -2.30. The molecule has 0 saturated heterocycles. The number of ether oxygens (including phenoxy) is 3. The van der Waals surface area contributed by atoms with E-state index >= 15 is 0 Å². The van der Waals surface area contributed by atoms with Gasteiger partial charge in [-0.15, -0.1) is 0 Å². The first kappa shape index (κ1) is 51.4. The van der Waals surface area contributed by atoms with Crippen molar-refractivity contribution in [2.24, 2.45) is 5.92 Å². The van der Waals surface area contributed by atoms with Crippen molar-refractivity contribution in [1.29, 1.82) is 0 Å². The summed E-state index contributed by atoms with van der Waals surface area (Å²) < 4.78 is 16.6. The topological polar surface area (TPSA) is 78.9 Å². The lowest BCUT2D eigenvalue weighted by molar-refractivity contribution is -0.167. The number of hydrogen-bond acceptors (Lipinski definition) is 6. The van der Waals surface area contributed by atoms with E-state index in [0.29, 0.717) is 19.3 Å². The van der Waals surface area contributed by atoms with Gasteiger partial charge in [-0.2, -0.15) is 0 Å². The van der Waals surface area contributed by atoms with Crippen LogP contribution in [0, 0.1) is 5.92 Å². The van der Waals surface area contributed by atoms with Crippen LogP contribution in [-0.4, -0.2) is 37.2 Å². The molecule has 0 bridgehead atoms. The maximum absolute atomic E-state index is 12.6. The highest BCUT2D eigenvalue weighted by Gasteiger charge is 2.19. The fourth-order valence-corrected chi connectivity index (χ4v) is 6.98. The van der Waals surface area contributed by atoms with E-state index in [0.717, 1.165) is 63.7 Å². The summed E-state index contributed by atoms with van der Waals surface area (Å²) in [5.74, 6) is -0.00888. The molecule has 0 aromatic rings. The summed E-state index contributed by atoms with van der Waals surface area (Å²) in [6.07, 6.45) is 41.1. The number of carbonyl (C=O) groups excluding carboxylic acids is 3. The van der Waals surface area contributed by atoms with Gasteiger partial charge in [0.2, 0.25) is 0 Å². The van der Waals surface area contributed by atoms with Crippen LogP contribution in [0.25, 0.3) is 0 Å². The summed E-state index contributed by atoms with van der Waals surface area (Å²) in [5, 5.41) is 0. The van der Waals surface area contributed by atoms with E-state index in [1.165, 1.54) is 154 Å². The predicted octanol–water partition coefficient (Wildman–Crippen LogP) is 14.7. The van der Waals surface area contributed by atoms with Gasteiger partial charge in [-0.1, -0.05) is 220 Å². The van der Waals surface area contributed by atoms with Crippen molar-refractivity contribution >= 4 is 17.9 Å². The standard InChI is InChI=1S/C47H90O6/c1-5-7-9-11-13-22-27-30-34-38-45(48)51-41-44(53-47(50)40-36-32-25-12-10-8-6-2)42-52-46(49)39-35-31-28-24-21-19-17-15-14-16-18-20-23-26-29-33-37-43(3)4/h43-44H,5-42H2,1-4H3/t44-/m0/s1. The van der Waals surface area contributed by atoms with Gasteiger partial charge < -0.3 is 14.2 Å². The van der Waals surface area contributed by atoms with Crippen LogP contribution in [0.15, 0.2) is 0 Å². The molecule has 6 nitrogen and oxygen atoms in total. The Labute approximate surface area is 329 Å². The van der Waals surface area contributed by atoms with Gasteiger partial charge in [0.1, 0.15) is 13.2 Å². The average Bonchev–Trinajstić information content (AvgIpc) is 3.14. The lowest BCUT2D eigenvalue weighted by Gasteiger charge is -2.18. The van der Waals surface area contributed by atoms with Crippen molar-refractivity contribution in [1.82, 2.24) is 0 Å². The third-order valence-corrected chi connectivity index (χ3v) is 10.5. The van der Waals surface area contributed by atoms with Crippen LogP contribution in [0.1, 0.15) is 259 Å². The number of rotatable bonds is 42. The Balaban J connectivity index is 4.12. The number of carbonyl (C=O) groups is 3. The lowest BCUT2D eigenvalue weighted by atomic mass is 10.0. The molecule has 0 radical (unpaired) electrons. The summed E-state index contributed by atoms with van der Waals surface area (Å²) in [5.41, 5.74) is 0. The van der Waals surface area contributed by atoms with Gasteiger partial charge in [0.15, 0.2) is 6.10 Å². The summed E-state index contributed by atoms with van der Waals surface area (Å²) in [4.78, 5) is 37.5. The van der Waals surface area contributed by atoms with Crippen molar-refractivity contribution in [3.63, 3.8) is 0 Å². The minimum Gasteiger partial charge on any atom is -0.462 e. The van der Waals surface area contributed by atoms with Gasteiger partial charge in [0.05, 0.1) is 0 Å². The Morgan fingerprint density at radius 2 is 0.623 bits per heavy atom. The highest BCUT2D eigenvalue weighted by Crippen LogP contribution is 2.16. The number of hydrogen-bond donors (Lipinski definition) is 0. The zero-order valence-corrected chi connectivity index (χ0v) is 36.0. The second kappa shape index (κ2) is 41.6. The number of esters is 3. The second-order valence-electron chi connectivity index (χ2n) is 16.5. The van der Waals surface area contributed by atoms with Crippen LogP contribution in [0.5, 0.6) is 0 Å². The van der Waals surface area contributed by atoms with Crippen LogP contribution in [0.2, 0.25) is 0 Å². The molecule has 0 aromatic carbocycles. The first-order valence-electron chi connectivity index (χ1n) is 23.4. The Hall–Kier alpha value is -1.59. The molecular weight excluding hydrogens is 661 g/mol. The summed E-state index contributed by atoms with van der Waals surface area (Å²) in [7, 11) is 0. The first-order valence-corrected chi connectivity index (χ1v) is 23.4. The van der Waals surface area contributed by atoms with Crippen molar-refractivity contribution in [3.05, 3.63) is 0 Å². The normalized spacial score (nSPS) is 11.9. The largest absolute Gasteiger partial charge is 0.462 e. The minimum atomic E-state index is -0.757. The van der Waals surface area contributed by atoms with E-state index in [1.54, 1.807) is 0 Å². The maximum Gasteiger partial charge on any atom is 0.306 e. The van der Waals surface area contributed by atoms with Crippen molar-refractivity contribution < 1.29 is 28.6 Å². The maximum atomic E-state index is 12.6. The van der Waals surface area contributed by atoms with Gasteiger partial charge in [-0.05, 0) is 25.2 Å². The van der Waals surface area contributed by atoms with E-state index in [9.17, 15) is 14.4 Å². The summed E-state index contributed by atoms with van der Waals surface area (Å²) in [6, 6.07) is 0. The molecule has 0 N–H and O–H groups in total. The van der Waals surface area contributed by atoms with Gasteiger partial charge in [-0.25, -0.2) is 0 Å². The SMILES string of the molecule is CCCCCCCCCCCC(=O)OC[C@@H](COC(=O)CCCCCCCCCCCCCCCCCCC(C)C)OC(=O)CCCCCCCCC. The highest BCUT2D eigenvalue weighted by atomic mass is 16.6. The van der Waals surface area contributed by atoms with Crippen LogP contribution in [0.3, 0.4) is 0 Å². The molecule has 314 valence electrons. The van der Waals surface area contributed by atoms with Gasteiger partial charge in [0, 0.05) is 19.3 Å². The van der Waals surface area contributed by atoms with Crippen LogP contribution in [-0.2, 0) is 28.6 Å². The van der Waals surface area contributed by atoms with Gasteiger partial charge >= 0.3 is 17.9 Å². The zero-order valence-electron chi connectivity index (χ0n) is 36.0. The average molecular weight is 751 g/mol. The Morgan fingerprint density at radius 3 is 0.925 bits per heavy atom. The molecule has 1 atom stereocenters. The molecule has 6 heteroatoms. The highest BCUT2D eigenvalue weighted by molar-refractivity contribution is 5.71. The van der Waals surface area contributed by atoms with Crippen LogP contribution < -0.4 is 0 Å². The molecule has 0 aliphatic rings. The molecule has 0 aromatic heterocycles. The third kappa shape index (κ3) is 41.4. The van der Waals surface area contributed by atoms with Gasteiger partial charge in [-0.3, -0.25) is 14.4 Å². The second-order valence-corrected chi connectivity index (χ2v) is 16.5. The smallest absolute Gasteiger partial charge is 0.306 e. The van der Waals surface area contributed by atoms with Crippen molar-refractivity contribution in [3.8, 4) is 0 Å². The van der Waals surface area contributed by atoms with Crippen LogP contribution in [0.4, 0.5) is 0 Å². The van der Waals surface area contributed by atoms with Crippen molar-refractivity contribution in [2.45, 2.75) is 265 Å². The molecule has 0 aliphatic carbocycles. The van der Waals surface area contributed by atoms with E-state index in [2.05, 4.69) is 27.7 Å². The molecule has 0 rings (SSSR count). The summed E-state index contributed by atoms with van der Waals surface area (Å²) in [6.45, 7) is 8.96. The quantitative estimate of drug-likeness (QED) is 0.0351. The number of unbranched alkanes of at least 4 members (excludes halogenated alkanes) is 29.